The van der Waals surface area contributed by atoms with Gasteiger partial charge in [-0.2, -0.15) is 0 Å². The van der Waals surface area contributed by atoms with Crippen molar-refractivity contribution in [3.63, 3.8) is 0 Å². The van der Waals surface area contributed by atoms with Crippen molar-refractivity contribution < 1.29 is 18.0 Å². The molecule has 2 amide bonds. The Morgan fingerprint density at radius 3 is 2.56 bits per heavy atom. The molecule has 0 aromatic heterocycles. The van der Waals surface area contributed by atoms with Crippen LogP contribution >= 0.6 is 15.9 Å². The second-order valence-electron chi connectivity index (χ2n) is 8.12. The molecule has 0 saturated heterocycles. The molecule has 0 spiro atoms. The van der Waals surface area contributed by atoms with Crippen LogP contribution in [-0.4, -0.2) is 39.1 Å². The van der Waals surface area contributed by atoms with Crippen LogP contribution in [0.4, 0.5) is 11.4 Å². The van der Waals surface area contributed by atoms with Gasteiger partial charge in [-0.1, -0.05) is 24.3 Å². The molecule has 1 fully saturated rings. The van der Waals surface area contributed by atoms with Crippen molar-refractivity contribution in [2.75, 3.05) is 28.6 Å². The average molecular weight is 517 g/mol. The van der Waals surface area contributed by atoms with E-state index < -0.39 is 9.84 Å². The van der Waals surface area contributed by atoms with Gasteiger partial charge in [-0.05, 0) is 65.0 Å². The molecule has 2 aromatic carbocycles. The van der Waals surface area contributed by atoms with E-state index in [4.69, 9.17) is 0 Å². The largest absolute Gasteiger partial charge is 0.312 e. The number of hydrogen-bond donors (Lipinski definition) is 0. The van der Waals surface area contributed by atoms with Gasteiger partial charge >= 0.3 is 0 Å². The molecule has 1 saturated carbocycles. The summed E-state index contributed by atoms with van der Waals surface area (Å²) in [6.07, 6.45) is 3.97. The Morgan fingerprint density at radius 1 is 1.19 bits per heavy atom. The summed E-state index contributed by atoms with van der Waals surface area (Å²) in [4.78, 5) is 28.8. The lowest BCUT2D eigenvalue weighted by Gasteiger charge is -2.21. The van der Waals surface area contributed by atoms with Crippen LogP contribution in [0.3, 0.4) is 0 Å². The molecule has 2 aromatic rings. The van der Waals surface area contributed by atoms with Gasteiger partial charge < -0.3 is 9.80 Å². The van der Waals surface area contributed by atoms with Crippen LogP contribution in [0.25, 0.3) is 0 Å². The van der Waals surface area contributed by atoms with Crippen LogP contribution in [0.15, 0.2) is 64.5 Å². The average Bonchev–Trinajstić information content (AvgIpc) is 3.55. The summed E-state index contributed by atoms with van der Waals surface area (Å²) in [5, 5.41) is 0. The van der Waals surface area contributed by atoms with Crippen molar-refractivity contribution in [1.82, 2.24) is 0 Å². The minimum atomic E-state index is -3.75. The number of carbonyl (C=O) groups excluding carboxylic acids is 2. The maximum atomic E-state index is 13.2. The van der Waals surface area contributed by atoms with E-state index in [0.717, 1.165) is 18.4 Å². The van der Waals surface area contributed by atoms with E-state index in [1.54, 1.807) is 35.2 Å². The normalized spacial score (nSPS) is 15.3. The number of carbonyl (C=O) groups is 2. The number of rotatable bonds is 8. The summed E-state index contributed by atoms with van der Waals surface area (Å²) in [7, 11) is -3.75. The first-order chi connectivity index (χ1) is 15.3. The highest BCUT2D eigenvalue weighted by Crippen LogP contribution is 2.39. The molecule has 1 aliphatic carbocycles. The zero-order chi connectivity index (χ0) is 22.9. The maximum Gasteiger partial charge on any atom is 0.230 e. The first-order valence-electron chi connectivity index (χ1n) is 10.6. The molecule has 32 heavy (non-hydrogen) atoms. The van der Waals surface area contributed by atoms with Crippen molar-refractivity contribution >= 4 is 49.0 Å². The highest BCUT2D eigenvalue weighted by molar-refractivity contribution is 9.10. The first-order valence-corrected chi connectivity index (χ1v) is 13.1. The first kappa shape index (κ1) is 22.7. The Labute approximate surface area is 197 Å². The molecule has 168 valence electrons. The van der Waals surface area contributed by atoms with Gasteiger partial charge in [-0.25, -0.2) is 8.42 Å². The van der Waals surface area contributed by atoms with E-state index in [1.807, 2.05) is 18.2 Å². The smallest absolute Gasteiger partial charge is 0.230 e. The predicted octanol–water partition coefficient (Wildman–Crippen LogP) is 4.13. The van der Waals surface area contributed by atoms with Gasteiger partial charge in [0.25, 0.3) is 0 Å². The molecule has 8 heteroatoms. The number of anilines is 2. The van der Waals surface area contributed by atoms with Crippen LogP contribution in [0.1, 0.15) is 24.8 Å². The molecule has 0 N–H and O–H groups in total. The Hall–Kier alpha value is -2.45. The van der Waals surface area contributed by atoms with Crippen LogP contribution < -0.4 is 9.80 Å². The number of halogens is 1. The van der Waals surface area contributed by atoms with Gasteiger partial charge in [0.2, 0.25) is 11.8 Å². The predicted molar refractivity (Wildman–Crippen MR) is 129 cm³/mol. The monoisotopic (exact) mass is 516 g/mol. The van der Waals surface area contributed by atoms with Gasteiger partial charge in [0.1, 0.15) is 0 Å². The van der Waals surface area contributed by atoms with E-state index in [0.29, 0.717) is 35.4 Å². The van der Waals surface area contributed by atoms with Crippen molar-refractivity contribution in [1.29, 1.82) is 0 Å². The third-order valence-electron chi connectivity index (χ3n) is 5.82. The quantitative estimate of drug-likeness (QED) is 0.494. The standard InChI is InChI=1S/C24H25BrN2O4S/c1-2-12-26(19-6-4-3-5-7-19)23(28)11-14-32(30,31)22-16-21-18(15-20(22)25)10-13-27(21)24(29)17-8-9-17/h2-7,15-17H,1,8-14H2. The lowest BCUT2D eigenvalue weighted by Crippen LogP contribution is -2.32. The van der Waals surface area contributed by atoms with Crippen LogP contribution in [0.2, 0.25) is 0 Å². The number of hydrogen-bond acceptors (Lipinski definition) is 4. The molecule has 0 unspecified atom stereocenters. The Bertz CT molecular complexity index is 1160. The molecule has 2 aliphatic rings. The third kappa shape index (κ3) is 4.66. The lowest BCUT2D eigenvalue weighted by molar-refractivity contribution is -0.120. The fourth-order valence-electron chi connectivity index (χ4n) is 3.96. The highest BCUT2D eigenvalue weighted by atomic mass is 79.9. The highest BCUT2D eigenvalue weighted by Gasteiger charge is 2.37. The second-order valence-corrected chi connectivity index (χ2v) is 11.1. The maximum absolute atomic E-state index is 13.2. The van der Waals surface area contributed by atoms with Gasteiger partial charge in [-0.15, -0.1) is 6.58 Å². The molecule has 4 rings (SSSR count). The zero-order valence-corrected chi connectivity index (χ0v) is 20.1. The number of sulfone groups is 1. The van der Waals surface area contributed by atoms with Gasteiger partial charge in [0.05, 0.1) is 10.6 Å². The Morgan fingerprint density at radius 2 is 1.91 bits per heavy atom. The number of para-hydroxylation sites is 1. The van der Waals surface area contributed by atoms with E-state index in [-0.39, 0.29) is 34.8 Å². The third-order valence-corrected chi connectivity index (χ3v) is 8.49. The van der Waals surface area contributed by atoms with Crippen molar-refractivity contribution in [3.05, 3.63) is 65.2 Å². The molecule has 0 bridgehead atoms. The van der Waals surface area contributed by atoms with Gasteiger partial charge in [0, 0.05) is 41.3 Å². The van der Waals surface area contributed by atoms with E-state index in [9.17, 15) is 18.0 Å². The lowest BCUT2D eigenvalue weighted by atomic mass is 10.2. The second kappa shape index (κ2) is 9.19. The topological polar surface area (TPSA) is 74.8 Å². The molecular weight excluding hydrogens is 492 g/mol. The molecule has 1 aliphatic heterocycles. The molecule has 0 radical (unpaired) electrons. The number of benzene rings is 2. The fraction of sp³-hybridized carbons (Fsp3) is 0.333. The minimum absolute atomic E-state index is 0.0658. The molecule has 1 heterocycles. The summed E-state index contributed by atoms with van der Waals surface area (Å²) >= 11 is 3.39. The molecule has 0 atom stereocenters. The van der Waals surface area contributed by atoms with Crippen LogP contribution in [-0.2, 0) is 25.8 Å². The summed E-state index contributed by atoms with van der Waals surface area (Å²) in [6, 6.07) is 12.5. The Balaban J connectivity index is 1.53. The van der Waals surface area contributed by atoms with Crippen molar-refractivity contribution in [2.24, 2.45) is 5.92 Å². The van der Waals surface area contributed by atoms with Crippen molar-refractivity contribution in [2.45, 2.75) is 30.6 Å². The summed E-state index contributed by atoms with van der Waals surface area (Å²) in [5.41, 5.74) is 2.33. The van der Waals surface area contributed by atoms with Gasteiger partial charge in [-0.3, -0.25) is 9.59 Å². The van der Waals surface area contributed by atoms with E-state index in [2.05, 4.69) is 22.5 Å². The Kier molecular flexibility index (Phi) is 6.53. The van der Waals surface area contributed by atoms with Crippen LogP contribution in [0.5, 0.6) is 0 Å². The summed E-state index contributed by atoms with van der Waals surface area (Å²) in [6.45, 7) is 4.57. The zero-order valence-electron chi connectivity index (χ0n) is 17.7. The van der Waals surface area contributed by atoms with Crippen LogP contribution in [0, 0.1) is 5.92 Å². The molecular formula is C24H25BrN2O4S. The number of fused-ring (bicyclic) bond motifs is 1. The van der Waals surface area contributed by atoms with Crippen molar-refractivity contribution in [3.8, 4) is 0 Å². The number of amides is 2. The van der Waals surface area contributed by atoms with E-state index >= 15 is 0 Å². The SMILES string of the molecule is C=CCN(C(=O)CCS(=O)(=O)c1cc2c(cc1Br)CCN2C(=O)C1CC1)c1ccccc1. The van der Waals surface area contributed by atoms with Gasteiger partial charge in [0.15, 0.2) is 9.84 Å². The van der Waals surface area contributed by atoms with E-state index in [1.165, 1.54) is 4.90 Å². The minimum Gasteiger partial charge on any atom is -0.312 e. The summed E-state index contributed by atoms with van der Waals surface area (Å²) < 4.78 is 26.8. The number of nitrogens with zero attached hydrogens (tertiary/aromatic N) is 2. The fourth-order valence-corrected chi connectivity index (χ4v) is 6.40. The molecule has 6 nitrogen and oxygen atoms in total. The summed E-state index contributed by atoms with van der Waals surface area (Å²) in [5.74, 6) is -0.466.